The fraction of sp³-hybridized carbons (Fsp3) is 0.308. The fourth-order valence-electron chi connectivity index (χ4n) is 1.43. The average Bonchev–Trinajstić information content (AvgIpc) is 2.44. The molecule has 1 atom stereocenters. The lowest BCUT2D eigenvalue weighted by Crippen LogP contribution is -2.44. The Morgan fingerprint density at radius 2 is 1.95 bits per heavy atom. The smallest absolute Gasteiger partial charge is 0.328 e. The summed E-state index contributed by atoms with van der Waals surface area (Å²) >= 11 is 0. The van der Waals surface area contributed by atoms with Gasteiger partial charge in [-0.05, 0) is 19.1 Å². The zero-order valence-electron chi connectivity index (χ0n) is 11.1. The van der Waals surface area contributed by atoms with Crippen molar-refractivity contribution in [3.8, 4) is 0 Å². The van der Waals surface area contributed by atoms with E-state index < -0.39 is 29.6 Å². The molecule has 0 bridgehead atoms. The summed E-state index contributed by atoms with van der Waals surface area (Å²) in [5, 5.41) is 4.59. The van der Waals surface area contributed by atoms with Gasteiger partial charge in [-0.15, -0.1) is 0 Å². The third-order valence-electron chi connectivity index (χ3n) is 2.46. The van der Waals surface area contributed by atoms with Crippen LogP contribution >= 0.6 is 0 Å². The fourth-order valence-corrected chi connectivity index (χ4v) is 1.43. The zero-order valence-corrected chi connectivity index (χ0v) is 11.1. The molecule has 108 valence electrons. The maximum atomic E-state index is 13.3. The van der Waals surface area contributed by atoms with Crippen LogP contribution in [-0.4, -0.2) is 37.5 Å². The maximum absolute atomic E-state index is 13.3. The van der Waals surface area contributed by atoms with Gasteiger partial charge in [-0.3, -0.25) is 9.59 Å². The van der Waals surface area contributed by atoms with E-state index in [1.807, 2.05) is 0 Å². The molecule has 1 rings (SSSR count). The second-order valence-electron chi connectivity index (χ2n) is 3.97. The summed E-state index contributed by atoms with van der Waals surface area (Å²) in [5.41, 5.74) is -0.152. The van der Waals surface area contributed by atoms with E-state index in [1.54, 1.807) is 0 Å². The molecule has 6 nitrogen and oxygen atoms in total. The van der Waals surface area contributed by atoms with Crippen LogP contribution in [0.25, 0.3) is 0 Å². The minimum atomic E-state index is -0.821. The van der Waals surface area contributed by atoms with Crippen molar-refractivity contribution in [3.63, 3.8) is 0 Å². The van der Waals surface area contributed by atoms with Gasteiger partial charge in [0.15, 0.2) is 0 Å². The van der Waals surface area contributed by atoms with Crippen LogP contribution in [0.5, 0.6) is 0 Å². The summed E-state index contributed by atoms with van der Waals surface area (Å²) < 4.78 is 17.7. The minimum absolute atomic E-state index is 0.152. The van der Waals surface area contributed by atoms with Gasteiger partial charge in [0.2, 0.25) is 5.91 Å². The Morgan fingerprint density at radius 3 is 2.55 bits per heavy atom. The zero-order chi connectivity index (χ0) is 15.1. The summed E-state index contributed by atoms with van der Waals surface area (Å²) in [4.78, 5) is 34.2. The molecule has 1 aromatic rings. The molecule has 2 N–H and O–H groups in total. The highest BCUT2D eigenvalue weighted by molar-refractivity contribution is 5.97. The van der Waals surface area contributed by atoms with E-state index in [4.69, 9.17) is 0 Å². The summed E-state index contributed by atoms with van der Waals surface area (Å²) in [5.74, 6) is -2.55. The van der Waals surface area contributed by atoms with Crippen molar-refractivity contribution in [2.75, 3.05) is 13.7 Å². The maximum Gasteiger partial charge on any atom is 0.328 e. The van der Waals surface area contributed by atoms with E-state index in [0.717, 1.165) is 6.07 Å². The highest BCUT2D eigenvalue weighted by Crippen LogP contribution is 2.05. The van der Waals surface area contributed by atoms with Gasteiger partial charge < -0.3 is 15.4 Å². The summed E-state index contributed by atoms with van der Waals surface area (Å²) in [6, 6.07) is 4.60. The molecule has 1 aromatic carbocycles. The van der Waals surface area contributed by atoms with E-state index >= 15 is 0 Å². The van der Waals surface area contributed by atoms with E-state index in [-0.39, 0.29) is 12.1 Å². The lowest BCUT2D eigenvalue weighted by molar-refractivity contribution is -0.144. The highest BCUT2D eigenvalue weighted by atomic mass is 19.1. The molecule has 2 amide bonds. The lowest BCUT2D eigenvalue weighted by atomic mass is 10.2. The topological polar surface area (TPSA) is 84.5 Å². The van der Waals surface area contributed by atoms with Crippen LogP contribution in [0.4, 0.5) is 4.39 Å². The number of amides is 2. The van der Waals surface area contributed by atoms with E-state index in [1.165, 1.54) is 32.2 Å². The molecule has 0 aliphatic heterocycles. The van der Waals surface area contributed by atoms with Crippen LogP contribution in [0.3, 0.4) is 0 Å². The Morgan fingerprint density at radius 1 is 1.30 bits per heavy atom. The van der Waals surface area contributed by atoms with Crippen molar-refractivity contribution >= 4 is 17.8 Å². The van der Waals surface area contributed by atoms with Gasteiger partial charge in [-0.25, -0.2) is 9.18 Å². The first-order valence-corrected chi connectivity index (χ1v) is 5.85. The molecule has 0 fully saturated rings. The Kier molecular flexibility index (Phi) is 5.64. The van der Waals surface area contributed by atoms with Gasteiger partial charge in [0.25, 0.3) is 5.91 Å². The van der Waals surface area contributed by atoms with Crippen molar-refractivity contribution in [3.05, 3.63) is 35.6 Å². The Hall–Kier alpha value is -2.44. The molecule has 20 heavy (non-hydrogen) atoms. The van der Waals surface area contributed by atoms with Crippen molar-refractivity contribution in [1.29, 1.82) is 0 Å². The predicted molar refractivity (Wildman–Crippen MR) is 68.4 cm³/mol. The number of hydrogen-bond donors (Lipinski definition) is 2. The Labute approximate surface area is 115 Å². The minimum Gasteiger partial charge on any atom is -0.467 e. The van der Waals surface area contributed by atoms with Crippen LogP contribution in [0.2, 0.25) is 0 Å². The predicted octanol–water partition coefficient (Wildman–Crippen LogP) is 0.233. The van der Waals surface area contributed by atoms with Gasteiger partial charge >= 0.3 is 5.97 Å². The Bertz CT molecular complexity index is 519. The van der Waals surface area contributed by atoms with Crippen LogP contribution in [0, 0.1) is 5.82 Å². The van der Waals surface area contributed by atoms with Gasteiger partial charge in [0.1, 0.15) is 11.9 Å². The Balaban J connectivity index is 2.47. The summed E-state index contributed by atoms with van der Waals surface area (Å²) in [6.07, 6.45) is 0. The van der Waals surface area contributed by atoms with Crippen LogP contribution < -0.4 is 10.6 Å². The second-order valence-corrected chi connectivity index (χ2v) is 3.97. The second kappa shape index (κ2) is 7.22. The van der Waals surface area contributed by atoms with Crippen LogP contribution in [0.15, 0.2) is 24.3 Å². The molecule has 0 saturated heterocycles. The number of nitrogens with one attached hydrogen (secondary N) is 2. The average molecular weight is 282 g/mol. The number of esters is 1. The number of rotatable bonds is 5. The van der Waals surface area contributed by atoms with Gasteiger partial charge in [-0.1, -0.05) is 12.1 Å². The van der Waals surface area contributed by atoms with E-state index in [0.29, 0.717) is 0 Å². The first-order chi connectivity index (χ1) is 9.45. The molecule has 0 aromatic heterocycles. The molecule has 0 aliphatic carbocycles. The molecule has 7 heteroatoms. The molecular weight excluding hydrogens is 267 g/mol. The largest absolute Gasteiger partial charge is 0.467 e. The van der Waals surface area contributed by atoms with Gasteiger partial charge in [-0.2, -0.15) is 0 Å². The quantitative estimate of drug-likeness (QED) is 0.757. The first-order valence-electron chi connectivity index (χ1n) is 5.85. The first kappa shape index (κ1) is 15.6. The molecule has 0 heterocycles. The number of ether oxygens (including phenoxy) is 1. The molecule has 0 aliphatic rings. The number of hydrogen-bond acceptors (Lipinski definition) is 4. The number of methoxy groups -OCH3 is 1. The molecular formula is C13H15FN2O4. The normalized spacial score (nSPS) is 11.3. The lowest BCUT2D eigenvalue weighted by Gasteiger charge is -2.12. The third-order valence-corrected chi connectivity index (χ3v) is 2.46. The molecule has 1 unspecified atom stereocenters. The number of benzene rings is 1. The SMILES string of the molecule is COC(=O)C(C)NC(=O)CNC(=O)c1ccccc1F. The van der Waals surface area contributed by atoms with Crippen molar-refractivity contribution in [2.45, 2.75) is 13.0 Å². The van der Waals surface area contributed by atoms with Crippen molar-refractivity contribution in [2.24, 2.45) is 0 Å². The number of halogens is 1. The van der Waals surface area contributed by atoms with Gasteiger partial charge in [0.05, 0.1) is 19.2 Å². The standard InChI is InChI=1S/C13H15FN2O4/c1-8(13(19)20-2)16-11(17)7-15-12(18)9-5-3-4-6-10(9)14/h3-6,8H,7H2,1-2H3,(H,15,18)(H,16,17). The monoisotopic (exact) mass is 282 g/mol. The van der Waals surface area contributed by atoms with Crippen LogP contribution in [-0.2, 0) is 14.3 Å². The van der Waals surface area contributed by atoms with Crippen LogP contribution in [0.1, 0.15) is 17.3 Å². The van der Waals surface area contributed by atoms with Gasteiger partial charge in [0, 0.05) is 0 Å². The van der Waals surface area contributed by atoms with E-state index in [2.05, 4.69) is 15.4 Å². The van der Waals surface area contributed by atoms with Crippen molar-refractivity contribution in [1.82, 2.24) is 10.6 Å². The number of carbonyl (C=O) groups is 3. The van der Waals surface area contributed by atoms with E-state index in [9.17, 15) is 18.8 Å². The molecule has 0 radical (unpaired) electrons. The summed E-state index contributed by atoms with van der Waals surface area (Å²) in [7, 11) is 1.20. The molecule has 0 spiro atoms. The highest BCUT2D eigenvalue weighted by Gasteiger charge is 2.17. The molecule has 0 saturated carbocycles. The van der Waals surface area contributed by atoms with Crippen molar-refractivity contribution < 1.29 is 23.5 Å². The summed E-state index contributed by atoms with van der Waals surface area (Å²) in [6.45, 7) is 1.08. The third kappa shape index (κ3) is 4.34. The number of carbonyl (C=O) groups excluding carboxylic acids is 3.